The molecule has 1 aliphatic carbocycles. The van der Waals surface area contributed by atoms with Gasteiger partial charge in [0.15, 0.2) is 5.60 Å². The van der Waals surface area contributed by atoms with E-state index in [1.165, 1.54) is 20.3 Å². The number of carbonyl (C=O) groups is 2. The van der Waals surface area contributed by atoms with Gasteiger partial charge in [-0.1, -0.05) is 69.0 Å². The molecule has 0 aromatic heterocycles. The Hall–Kier alpha value is -3.15. The van der Waals surface area contributed by atoms with Crippen LogP contribution in [0.15, 0.2) is 53.5 Å². The molecule has 2 aromatic rings. The average Bonchev–Trinajstić information content (AvgIpc) is 3.09. The number of carboxylic acid groups (broad SMARTS) is 1. The molecular weight excluding hydrogens is 440 g/mol. The van der Waals surface area contributed by atoms with Crippen molar-refractivity contribution in [2.45, 2.75) is 89.8 Å². The van der Waals surface area contributed by atoms with Gasteiger partial charge >= 0.3 is 5.97 Å². The van der Waals surface area contributed by atoms with Crippen molar-refractivity contribution >= 4 is 17.7 Å². The molecule has 2 aromatic carbocycles. The number of carbonyl (C=O) groups excluding carboxylic acids is 1. The van der Waals surface area contributed by atoms with Crippen LogP contribution in [0, 0.1) is 0 Å². The first kappa shape index (κ1) is 25.0. The first-order chi connectivity index (χ1) is 16.7. The van der Waals surface area contributed by atoms with E-state index in [1.54, 1.807) is 12.1 Å². The minimum absolute atomic E-state index is 0.187. The highest BCUT2D eigenvalue weighted by atomic mass is 16.5. The summed E-state index contributed by atoms with van der Waals surface area (Å²) >= 11 is 0. The number of unbranched alkanes of at least 4 members (excludes halogenated alkanes) is 1. The van der Waals surface area contributed by atoms with Crippen molar-refractivity contribution in [2.75, 3.05) is 0 Å². The molecule has 6 heteroatoms. The van der Waals surface area contributed by atoms with Gasteiger partial charge in [0, 0.05) is 6.42 Å². The third-order valence-electron chi connectivity index (χ3n) is 7.10. The Morgan fingerprint density at radius 2 is 1.63 bits per heavy atom. The van der Waals surface area contributed by atoms with Gasteiger partial charge in [-0.05, 0) is 61.9 Å². The van der Waals surface area contributed by atoms with Gasteiger partial charge in [0.2, 0.25) is 0 Å². The number of aliphatic carboxylic acids is 1. The Labute approximate surface area is 208 Å². The third-order valence-corrected chi connectivity index (χ3v) is 7.10. The van der Waals surface area contributed by atoms with Crippen LogP contribution in [0.1, 0.15) is 77.7 Å². The van der Waals surface area contributed by atoms with Gasteiger partial charge in [-0.3, -0.25) is 14.7 Å². The van der Waals surface area contributed by atoms with Crippen molar-refractivity contribution in [3.63, 3.8) is 0 Å². The van der Waals surface area contributed by atoms with Crippen LogP contribution in [0.4, 0.5) is 0 Å². The van der Waals surface area contributed by atoms with E-state index in [2.05, 4.69) is 31.2 Å². The summed E-state index contributed by atoms with van der Waals surface area (Å²) in [6.07, 6.45) is 8.09. The van der Waals surface area contributed by atoms with Gasteiger partial charge in [0.1, 0.15) is 17.1 Å². The number of nitrogens with zero attached hydrogens (tertiary/aromatic N) is 2. The molecule has 1 aliphatic heterocycles. The normalized spacial score (nSPS) is 17.5. The first-order valence-corrected chi connectivity index (χ1v) is 12.8. The second-order valence-corrected chi connectivity index (χ2v) is 10.3. The molecule has 1 N–H and O–H groups in total. The van der Waals surface area contributed by atoms with Gasteiger partial charge in [0.25, 0.3) is 5.91 Å². The fourth-order valence-electron chi connectivity index (χ4n) is 4.91. The Kier molecular flexibility index (Phi) is 7.29. The topological polar surface area (TPSA) is 79.2 Å². The maximum atomic E-state index is 13.5. The van der Waals surface area contributed by atoms with Crippen LogP contribution in [0.5, 0.6) is 5.75 Å². The van der Waals surface area contributed by atoms with E-state index in [0.717, 1.165) is 67.5 Å². The van der Waals surface area contributed by atoms with Gasteiger partial charge in [-0.25, -0.2) is 4.79 Å². The minimum Gasteiger partial charge on any atom is -0.478 e. The van der Waals surface area contributed by atoms with Crippen LogP contribution in [-0.2, 0) is 16.1 Å². The van der Waals surface area contributed by atoms with E-state index >= 15 is 0 Å². The quantitative estimate of drug-likeness (QED) is 0.465. The van der Waals surface area contributed by atoms with E-state index in [-0.39, 0.29) is 5.91 Å². The molecule has 2 aliphatic rings. The maximum absolute atomic E-state index is 13.5. The molecule has 35 heavy (non-hydrogen) atoms. The van der Waals surface area contributed by atoms with Crippen molar-refractivity contribution in [1.82, 2.24) is 4.90 Å². The molecule has 0 atom stereocenters. The summed E-state index contributed by atoms with van der Waals surface area (Å²) < 4.78 is 5.59. The van der Waals surface area contributed by atoms with E-state index < -0.39 is 17.1 Å². The smallest absolute Gasteiger partial charge is 0.347 e. The van der Waals surface area contributed by atoms with Crippen LogP contribution in [-0.4, -0.2) is 38.9 Å². The monoisotopic (exact) mass is 476 g/mol. The van der Waals surface area contributed by atoms with Crippen LogP contribution in [0.2, 0.25) is 0 Å². The average molecular weight is 477 g/mol. The summed E-state index contributed by atoms with van der Waals surface area (Å²) in [4.78, 5) is 31.7. The summed E-state index contributed by atoms with van der Waals surface area (Å²) in [5, 5.41) is 9.25. The van der Waals surface area contributed by atoms with Crippen molar-refractivity contribution in [3.05, 3.63) is 54.1 Å². The van der Waals surface area contributed by atoms with E-state index in [4.69, 9.17) is 9.73 Å². The molecule has 1 spiro atoms. The highest BCUT2D eigenvalue weighted by molar-refractivity contribution is 6.08. The third kappa shape index (κ3) is 5.42. The molecule has 6 nitrogen and oxygen atoms in total. The van der Waals surface area contributed by atoms with Gasteiger partial charge in [-0.15, -0.1) is 0 Å². The zero-order valence-electron chi connectivity index (χ0n) is 21.0. The molecule has 0 radical (unpaired) electrons. The van der Waals surface area contributed by atoms with E-state index in [9.17, 15) is 14.7 Å². The van der Waals surface area contributed by atoms with Crippen molar-refractivity contribution in [1.29, 1.82) is 0 Å². The molecule has 186 valence electrons. The van der Waals surface area contributed by atoms with Crippen LogP contribution < -0.4 is 4.74 Å². The van der Waals surface area contributed by atoms with Crippen LogP contribution >= 0.6 is 0 Å². The summed E-state index contributed by atoms with van der Waals surface area (Å²) in [5.41, 5.74) is 1.35. The molecule has 1 heterocycles. The molecule has 0 bridgehead atoms. The molecular formula is C29H36N2O4. The molecule has 1 saturated carbocycles. The Bertz CT molecular complexity index is 1080. The van der Waals surface area contributed by atoms with Crippen LogP contribution in [0.25, 0.3) is 11.1 Å². The van der Waals surface area contributed by atoms with Gasteiger partial charge in [-0.2, -0.15) is 0 Å². The van der Waals surface area contributed by atoms with Gasteiger partial charge < -0.3 is 9.84 Å². The lowest BCUT2D eigenvalue weighted by atomic mass is 9.82. The molecule has 1 amide bonds. The van der Waals surface area contributed by atoms with Crippen LogP contribution in [0.3, 0.4) is 0 Å². The fraction of sp³-hybridized carbons (Fsp3) is 0.483. The highest BCUT2D eigenvalue weighted by Gasteiger charge is 2.48. The second kappa shape index (κ2) is 10.2. The summed E-state index contributed by atoms with van der Waals surface area (Å²) in [7, 11) is 0. The summed E-state index contributed by atoms with van der Waals surface area (Å²) in [5.74, 6) is 0.654. The molecule has 1 fully saturated rings. The predicted molar refractivity (Wildman–Crippen MR) is 138 cm³/mol. The molecule has 4 rings (SSSR count). The SMILES string of the molecule is CCCCC1=NC2(CCCCC2)C(=O)N1Cc1ccc(-c2ccc(OC(C)(C)C(=O)O)cc2)cc1. The number of aliphatic imine (C=N–C) groups is 1. The number of carboxylic acids is 1. The predicted octanol–water partition coefficient (Wildman–Crippen LogP) is 6.23. The second-order valence-electron chi connectivity index (χ2n) is 10.3. The van der Waals surface area contributed by atoms with E-state index in [0.29, 0.717) is 12.3 Å². The van der Waals surface area contributed by atoms with Gasteiger partial charge in [0.05, 0.1) is 6.54 Å². The largest absolute Gasteiger partial charge is 0.478 e. The van der Waals surface area contributed by atoms with Crippen molar-refractivity contribution in [3.8, 4) is 16.9 Å². The van der Waals surface area contributed by atoms with E-state index in [1.807, 2.05) is 17.0 Å². The molecule has 0 unspecified atom stereocenters. The summed E-state index contributed by atoms with van der Waals surface area (Å²) in [6, 6.07) is 15.7. The number of amides is 1. The number of hydrogen-bond donors (Lipinski definition) is 1. The number of amidine groups is 1. The maximum Gasteiger partial charge on any atom is 0.347 e. The zero-order valence-corrected chi connectivity index (χ0v) is 21.0. The van der Waals surface area contributed by atoms with Crippen molar-refractivity contribution in [2.24, 2.45) is 4.99 Å². The summed E-state index contributed by atoms with van der Waals surface area (Å²) in [6.45, 7) is 5.78. The number of rotatable bonds is 9. The fourth-order valence-corrected chi connectivity index (χ4v) is 4.91. The number of benzene rings is 2. The lowest BCUT2D eigenvalue weighted by Gasteiger charge is -2.29. The highest BCUT2D eigenvalue weighted by Crippen LogP contribution is 2.39. The zero-order chi connectivity index (χ0) is 25.1. The lowest BCUT2D eigenvalue weighted by Crippen LogP contribution is -2.43. The standard InChI is InChI=1S/C29H36N2O4/c1-4-5-9-25-30-29(18-7-6-8-19-29)26(32)31(25)20-21-10-12-22(13-11-21)23-14-16-24(17-15-23)35-28(2,3)27(33)34/h10-17H,4-9,18-20H2,1-3H3,(H,33,34). The Balaban J connectivity index is 1.46. The molecule has 0 saturated heterocycles. The number of hydrogen-bond acceptors (Lipinski definition) is 4. The Morgan fingerprint density at radius 1 is 1.03 bits per heavy atom. The Morgan fingerprint density at radius 3 is 2.20 bits per heavy atom. The minimum atomic E-state index is -1.29. The number of ether oxygens (including phenoxy) is 1. The van der Waals surface area contributed by atoms with Crippen molar-refractivity contribution < 1.29 is 19.4 Å². The lowest BCUT2D eigenvalue weighted by molar-refractivity contribution is -0.152. The first-order valence-electron chi connectivity index (χ1n) is 12.8.